The largest absolute Gasteiger partial charge is 0.368 e. The average molecular weight is 234 g/mol. The minimum atomic E-state index is -0.147. The molecule has 2 rings (SSSR count). The number of nitrogens with zero attached hydrogens (tertiary/aromatic N) is 3. The first-order chi connectivity index (χ1) is 8.06. The van der Waals surface area contributed by atoms with Crippen molar-refractivity contribution >= 4 is 17.8 Å². The monoisotopic (exact) mass is 234 g/mol. The summed E-state index contributed by atoms with van der Waals surface area (Å²) in [6, 6.07) is 1.65. The van der Waals surface area contributed by atoms with E-state index in [2.05, 4.69) is 9.97 Å². The lowest BCUT2D eigenvalue weighted by Gasteiger charge is -2.27. The molecule has 6 heteroatoms. The van der Waals surface area contributed by atoms with Gasteiger partial charge in [-0.15, -0.1) is 0 Å². The number of hydrogen-bond acceptors (Lipinski definition) is 5. The highest BCUT2D eigenvalue weighted by Crippen LogP contribution is 2.20. The van der Waals surface area contributed by atoms with Crippen LogP contribution in [-0.2, 0) is 16.1 Å². The zero-order chi connectivity index (χ0) is 12.4. The molecular weight excluding hydrogens is 220 g/mol. The van der Waals surface area contributed by atoms with Crippen LogP contribution >= 0.6 is 0 Å². The lowest BCUT2D eigenvalue weighted by atomic mass is 9.98. The van der Waals surface area contributed by atoms with Gasteiger partial charge in [0.25, 0.3) is 0 Å². The molecule has 0 radical (unpaired) electrons. The molecule has 17 heavy (non-hydrogen) atoms. The summed E-state index contributed by atoms with van der Waals surface area (Å²) in [6.45, 7) is 2.08. The van der Waals surface area contributed by atoms with Crippen molar-refractivity contribution in [3.05, 3.63) is 18.0 Å². The van der Waals surface area contributed by atoms with Crippen LogP contribution in [0.3, 0.4) is 0 Å². The van der Waals surface area contributed by atoms with Gasteiger partial charge in [-0.3, -0.25) is 14.5 Å². The van der Waals surface area contributed by atoms with E-state index in [9.17, 15) is 9.59 Å². The van der Waals surface area contributed by atoms with Gasteiger partial charge in [0.1, 0.15) is 0 Å². The molecule has 1 aliphatic rings. The molecule has 1 aromatic heterocycles. The van der Waals surface area contributed by atoms with Crippen LogP contribution in [0.25, 0.3) is 0 Å². The predicted molar refractivity (Wildman–Crippen MR) is 60.4 cm³/mol. The summed E-state index contributed by atoms with van der Waals surface area (Å²) in [6.07, 6.45) is 2.33. The second-order valence-corrected chi connectivity index (χ2v) is 4.29. The number of amides is 2. The number of nitrogens with two attached hydrogens (primary N) is 1. The van der Waals surface area contributed by atoms with Crippen molar-refractivity contribution in [3.63, 3.8) is 0 Å². The van der Waals surface area contributed by atoms with Crippen molar-refractivity contribution in [1.29, 1.82) is 0 Å². The van der Waals surface area contributed by atoms with Crippen LogP contribution in [0.1, 0.15) is 25.5 Å². The third-order valence-electron chi connectivity index (χ3n) is 2.70. The minimum Gasteiger partial charge on any atom is -0.368 e. The highest BCUT2D eigenvalue weighted by molar-refractivity contribution is 5.97. The Morgan fingerprint density at radius 2 is 2.06 bits per heavy atom. The van der Waals surface area contributed by atoms with Crippen LogP contribution in [0.4, 0.5) is 5.95 Å². The van der Waals surface area contributed by atoms with E-state index in [1.54, 1.807) is 6.07 Å². The van der Waals surface area contributed by atoms with Gasteiger partial charge in [-0.1, -0.05) is 6.92 Å². The number of piperidine rings is 1. The maximum Gasteiger partial charge on any atom is 0.229 e. The SMILES string of the molecule is CC1CC(=O)N(Cc2ccnc(N)n2)C(=O)C1. The first kappa shape index (κ1) is 11.5. The average Bonchev–Trinajstić information content (AvgIpc) is 2.23. The standard InChI is InChI=1S/C11H14N4O2/c1-7-4-9(16)15(10(17)5-7)6-8-2-3-13-11(12)14-8/h2-3,7H,4-6H2,1H3,(H2,12,13,14). The smallest absolute Gasteiger partial charge is 0.229 e. The molecule has 0 saturated carbocycles. The highest BCUT2D eigenvalue weighted by atomic mass is 16.2. The number of rotatable bonds is 2. The van der Waals surface area contributed by atoms with Crippen LogP contribution in [0.15, 0.2) is 12.3 Å². The maximum absolute atomic E-state index is 11.7. The molecule has 0 aromatic carbocycles. The Balaban J connectivity index is 2.13. The van der Waals surface area contributed by atoms with Crippen molar-refractivity contribution in [3.8, 4) is 0 Å². The fraction of sp³-hybridized carbons (Fsp3) is 0.455. The molecule has 0 bridgehead atoms. The molecule has 6 nitrogen and oxygen atoms in total. The number of nitrogen functional groups attached to an aromatic ring is 1. The van der Waals surface area contributed by atoms with E-state index in [1.807, 2.05) is 6.92 Å². The van der Waals surface area contributed by atoms with Crippen molar-refractivity contribution in [2.45, 2.75) is 26.3 Å². The number of carbonyl (C=O) groups is 2. The van der Waals surface area contributed by atoms with Gasteiger partial charge < -0.3 is 5.73 Å². The highest BCUT2D eigenvalue weighted by Gasteiger charge is 2.30. The summed E-state index contributed by atoms with van der Waals surface area (Å²) in [5.41, 5.74) is 6.02. The van der Waals surface area contributed by atoms with E-state index in [4.69, 9.17) is 5.73 Å². The summed E-state index contributed by atoms with van der Waals surface area (Å²) in [5.74, 6) is -0.0219. The van der Waals surface area contributed by atoms with Gasteiger partial charge in [0, 0.05) is 19.0 Å². The number of hydrogen-bond donors (Lipinski definition) is 1. The first-order valence-electron chi connectivity index (χ1n) is 5.47. The third-order valence-corrected chi connectivity index (χ3v) is 2.70. The predicted octanol–water partition coefficient (Wildman–Crippen LogP) is 0.344. The van der Waals surface area contributed by atoms with E-state index < -0.39 is 0 Å². The molecular formula is C11H14N4O2. The Kier molecular flexibility index (Phi) is 3.03. The first-order valence-corrected chi connectivity index (χ1v) is 5.47. The van der Waals surface area contributed by atoms with Crippen LogP contribution < -0.4 is 5.73 Å². The van der Waals surface area contributed by atoms with Crippen LogP contribution in [0.2, 0.25) is 0 Å². The molecule has 0 spiro atoms. The zero-order valence-electron chi connectivity index (χ0n) is 9.59. The Morgan fingerprint density at radius 3 is 2.65 bits per heavy atom. The molecule has 2 heterocycles. The fourth-order valence-electron chi connectivity index (χ4n) is 1.87. The molecule has 2 amide bonds. The van der Waals surface area contributed by atoms with Gasteiger partial charge in [0.2, 0.25) is 17.8 Å². The van der Waals surface area contributed by atoms with Gasteiger partial charge in [0.05, 0.1) is 12.2 Å². The van der Waals surface area contributed by atoms with E-state index in [-0.39, 0.29) is 30.2 Å². The molecule has 1 aromatic rings. The normalized spacial score (nSPS) is 17.6. The van der Waals surface area contributed by atoms with Gasteiger partial charge in [0.15, 0.2) is 0 Å². The zero-order valence-corrected chi connectivity index (χ0v) is 9.59. The Hall–Kier alpha value is -1.98. The topological polar surface area (TPSA) is 89.2 Å². The molecule has 0 atom stereocenters. The fourth-order valence-corrected chi connectivity index (χ4v) is 1.87. The summed E-state index contributed by atoms with van der Waals surface area (Å²) >= 11 is 0. The van der Waals surface area contributed by atoms with E-state index in [1.165, 1.54) is 11.1 Å². The summed E-state index contributed by atoms with van der Waals surface area (Å²) in [7, 11) is 0. The summed E-state index contributed by atoms with van der Waals surface area (Å²) in [5, 5.41) is 0. The second-order valence-electron chi connectivity index (χ2n) is 4.29. The van der Waals surface area contributed by atoms with E-state index >= 15 is 0 Å². The molecule has 1 fully saturated rings. The van der Waals surface area contributed by atoms with Crippen LogP contribution in [0, 0.1) is 5.92 Å². The number of likely N-dealkylation sites (tertiary alicyclic amines) is 1. The summed E-state index contributed by atoms with van der Waals surface area (Å²) < 4.78 is 0. The molecule has 0 unspecified atom stereocenters. The Morgan fingerprint density at radius 1 is 1.41 bits per heavy atom. The van der Waals surface area contributed by atoms with Crippen LogP contribution in [-0.4, -0.2) is 26.7 Å². The maximum atomic E-state index is 11.7. The van der Waals surface area contributed by atoms with Crippen molar-refractivity contribution in [2.75, 3.05) is 5.73 Å². The molecule has 2 N–H and O–H groups in total. The minimum absolute atomic E-state index is 0.127. The van der Waals surface area contributed by atoms with Crippen LogP contribution in [0.5, 0.6) is 0 Å². The van der Waals surface area contributed by atoms with Gasteiger partial charge in [-0.25, -0.2) is 9.97 Å². The van der Waals surface area contributed by atoms with Gasteiger partial charge in [-0.05, 0) is 12.0 Å². The Labute approximate surface area is 98.8 Å². The molecule has 0 aliphatic carbocycles. The lowest BCUT2D eigenvalue weighted by Crippen LogP contribution is -2.42. The molecule has 1 saturated heterocycles. The van der Waals surface area contributed by atoms with Crippen molar-refractivity contribution in [2.24, 2.45) is 5.92 Å². The number of anilines is 1. The molecule has 1 aliphatic heterocycles. The number of aromatic nitrogens is 2. The lowest BCUT2D eigenvalue weighted by molar-refractivity contribution is -0.150. The second kappa shape index (κ2) is 4.48. The van der Waals surface area contributed by atoms with Gasteiger partial charge in [-0.2, -0.15) is 0 Å². The van der Waals surface area contributed by atoms with Crippen molar-refractivity contribution < 1.29 is 9.59 Å². The Bertz CT molecular complexity index is 443. The quantitative estimate of drug-likeness (QED) is 0.745. The number of imide groups is 1. The van der Waals surface area contributed by atoms with E-state index in [0.717, 1.165) is 0 Å². The van der Waals surface area contributed by atoms with Crippen molar-refractivity contribution in [1.82, 2.24) is 14.9 Å². The number of carbonyl (C=O) groups excluding carboxylic acids is 2. The third kappa shape index (κ3) is 2.58. The molecule has 90 valence electrons. The van der Waals surface area contributed by atoms with Gasteiger partial charge >= 0.3 is 0 Å². The summed E-state index contributed by atoms with van der Waals surface area (Å²) in [4.78, 5) is 32.4. The van der Waals surface area contributed by atoms with E-state index in [0.29, 0.717) is 18.5 Å².